The lowest BCUT2D eigenvalue weighted by Crippen LogP contribution is -2.00. The van der Waals surface area contributed by atoms with Crippen molar-refractivity contribution in [3.8, 4) is 0 Å². The summed E-state index contributed by atoms with van der Waals surface area (Å²) in [5, 5.41) is -0.697. The van der Waals surface area contributed by atoms with E-state index in [2.05, 4.69) is 4.98 Å². The molecular formula is C7H3ClF2INO. The van der Waals surface area contributed by atoms with E-state index in [1.807, 2.05) is 0 Å². The number of carbonyl (C=O) groups excluding carboxylic acids is 1. The third kappa shape index (κ3) is 2.57. The topological polar surface area (TPSA) is 30.0 Å². The Hall–Kier alpha value is -0.300. The number of carbonyl (C=O) groups is 1. The van der Waals surface area contributed by atoms with Gasteiger partial charge in [-0.3, -0.25) is 4.79 Å². The molecule has 1 aromatic heterocycles. The maximum atomic E-state index is 12.1. The lowest BCUT2D eigenvalue weighted by molar-refractivity contribution is 0.107. The number of hydrogen-bond donors (Lipinski definition) is 0. The molecule has 6 heteroatoms. The molecule has 0 aliphatic rings. The molecule has 0 aliphatic heterocycles. The van der Waals surface area contributed by atoms with E-state index >= 15 is 0 Å². The van der Waals surface area contributed by atoms with E-state index in [1.54, 1.807) is 22.6 Å². The van der Waals surface area contributed by atoms with Gasteiger partial charge in [0.1, 0.15) is 9.39 Å². The number of nitrogens with zero attached hydrogens (tertiary/aromatic N) is 1. The van der Waals surface area contributed by atoms with Crippen LogP contribution >= 0.6 is 34.2 Å². The second-order valence-corrected chi connectivity index (χ2v) is 3.51. The molecule has 13 heavy (non-hydrogen) atoms. The first-order valence-electron chi connectivity index (χ1n) is 3.17. The lowest BCUT2D eigenvalue weighted by atomic mass is 10.3. The predicted molar refractivity (Wildman–Crippen MR) is 52.1 cm³/mol. The van der Waals surface area contributed by atoms with E-state index in [9.17, 15) is 13.6 Å². The molecule has 0 aliphatic carbocycles. The van der Waals surface area contributed by atoms with Gasteiger partial charge in [-0.05, 0) is 46.3 Å². The van der Waals surface area contributed by atoms with E-state index < -0.39 is 11.7 Å². The fraction of sp³-hybridized carbons (Fsp3) is 0.143. The molecule has 1 heterocycles. The molecule has 1 aromatic rings. The first-order valence-corrected chi connectivity index (χ1v) is 4.62. The van der Waals surface area contributed by atoms with E-state index in [0.29, 0.717) is 0 Å². The van der Waals surface area contributed by atoms with Crippen LogP contribution in [0.15, 0.2) is 12.1 Å². The highest BCUT2D eigenvalue weighted by atomic mass is 127. The van der Waals surface area contributed by atoms with Gasteiger partial charge in [0, 0.05) is 0 Å². The van der Waals surface area contributed by atoms with E-state index in [-0.39, 0.29) is 15.0 Å². The van der Waals surface area contributed by atoms with Crippen LogP contribution in [-0.4, -0.2) is 10.2 Å². The minimum absolute atomic E-state index is 0.145. The monoisotopic (exact) mass is 317 g/mol. The van der Waals surface area contributed by atoms with Crippen LogP contribution in [0.5, 0.6) is 0 Å². The number of aromatic nitrogens is 1. The highest BCUT2D eigenvalue weighted by Gasteiger charge is 2.13. The Morgan fingerprint density at radius 3 is 2.54 bits per heavy atom. The van der Waals surface area contributed by atoms with Crippen molar-refractivity contribution in [3.05, 3.63) is 27.1 Å². The Balaban J connectivity index is 3.13. The molecule has 0 saturated carbocycles. The standard InChI is InChI=1S/C7H3ClF2INO/c8-5(13)3-1-2-4(6(9)10)12-7(3)11/h1-2,6H. The Morgan fingerprint density at radius 1 is 1.54 bits per heavy atom. The van der Waals surface area contributed by atoms with E-state index in [4.69, 9.17) is 11.6 Å². The third-order valence-corrected chi connectivity index (χ3v) is 2.33. The van der Waals surface area contributed by atoms with Crippen molar-refractivity contribution in [2.75, 3.05) is 0 Å². The molecule has 0 amide bonds. The summed E-state index contributed by atoms with van der Waals surface area (Å²) in [4.78, 5) is 14.2. The summed E-state index contributed by atoms with van der Waals surface area (Å²) in [7, 11) is 0. The van der Waals surface area contributed by atoms with Crippen molar-refractivity contribution >= 4 is 39.4 Å². The Labute approximate surface area is 91.4 Å². The van der Waals surface area contributed by atoms with E-state index in [1.165, 1.54) is 6.07 Å². The predicted octanol–water partition coefficient (Wildman–Crippen LogP) is 3.00. The minimum atomic E-state index is -2.63. The first-order chi connectivity index (χ1) is 6.02. The van der Waals surface area contributed by atoms with Crippen LogP contribution in [0.3, 0.4) is 0 Å². The van der Waals surface area contributed by atoms with Gasteiger partial charge >= 0.3 is 0 Å². The van der Waals surface area contributed by atoms with Crippen LogP contribution < -0.4 is 0 Å². The summed E-state index contributed by atoms with van der Waals surface area (Å²) in [5.41, 5.74) is -0.210. The maximum Gasteiger partial charge on any atom is 0.280 e. The zero-order chi connectivity index (χ0) is 10.0. The van der Waals surface area contributed by atoms with Gasteiger partial charge in [-0.1, -0.05) is 0 Å². The van der Waals surface area contributed by atoms with Crippen molar-refractivity contribution in [2.45, 2.75) is 6.43 Å². The highest BCUT2D eigenvalue weighted by molar-refractivity contribution is 14.1. The second-order valence-electron chi connectivity index (χ2n) is 2.15. The number of rotatable bonds is 2. The fourth-order valence-corrected chi connectivity index (χ4v) is 1.73. The zero-order valence-corrected chi connectivity index (χ0v) is 9.01. The highest BCUT2D eigenvalue weighted by Crippen LogP contribution is 2.20. The van der Waals surface area contributed by atoms with Crippen molar-refractivity contribution in [1.82, 2.24) is 4.98 Å². The molecular weight excluding hydrogens is 314 g/mol. The first kappa shape index (κ1) is 10.8. The summed E-state index contributed by atoms with van der Waals surface area (Å²) in [6.45, 7) is 0. The molecule has 2 nitrogen and oxygen atoms in total. The number of hydrogen-bond acceptors (Lipinski definition) is 2. The summed E-state index contributed by atoms with van der Waals surface area (Å²) in [6, 6.07) is 2.33. The molecule has 0 spiro atoms. The number of pyridine rings is 1. The molecule has 0 aromatic carbocycles. The normalized spacial score (nSPS) is 10.5. The van der Waals surface area contributed by atoms with Gasteiger partial charge in [0.05, 0.1) is 5.56 Å². The number of alkyl halides is 2. The van der Waals surface area contributed by atoms with Crippen LogP contribution in [0.2, 0.25) is 0 Å². The molecule has 70 valence electrons. The van der Waals surface area contributed by atoms with Gasteiger partial charge in [0.15, 0.2) is 0 Å². The molecule has 0 atom stereocenters. The van der Waals surface area contributed by atoms with Gasteiger partial charge in [0.25, 0.3) is 11.7 Å². The largest absolute Gasteiger partial charge is 0.280 e. The molecule has 1 rings (SSSR count). The van der Waals surface area contributed by atoms with Gasteiger partial charge in [-0.25, -0.2) is 13.8 Å². The summed E-state index contributed by atoms with van der Waals surface area (Å²) in [5.74, 6) is 0. The SMILES string of the molecule is O=C(Cl)c1ccc(C(F)F)nc1I. The summed E-state index contributed by atoms with van der Waals surface area (Å²) in [6.07, 6.45) is -2.63. The van der Waals surface area contributed by atoms with Gasteiger partial charge in [-0.2, -0.15) is 0 Å². The molecule has 0 bridgehead atoms. The second kappa shape index (κ2) is 4.28. The van der Waals surface area contributed by atoms with Crippen molar-refractivity contribution in [3.63, 3.8) is 0 Å². The summed E-state index contributed by atoms with van der Waals surface area (Å²) >= 11 is 6.85. The van der Waals surface area contributed by atoms with Gasteiger partial charge in [0.2, 0.25) is 0 Å². The Bertz CT molecular complexity index is 345. The van der Waals surface area contributed by atoms with E-state index in [0.717, 1.165) is 6.07 Å². The van der Waals surface area contributed by atoms with Gasteiger partial charge in [-0.15, -0.1) is 0 Å². The van der Waals surface area contributed by atoms with Crippen molar-refractivity contribution < 1.29 is 13.6 Å². The van der Waals surface area contributed by atoms with Crippen molar-refractivity contribution in [1.29, 1.82) is 0 Å². The fourth-order valence-electron chi connectivity index (χ4n) is 0.716. The van der Waals surface area contributed by atoms with Crippen LogP contribution in [0.4, 0.5) is 8.78 Å². The molecule has 0 fully saturated rings. The molecule has 0 N–H and O–H groups in total. The molecule has 0 saturated heterocycles. The quantitative estimate of drug-likeness (QED) is 0.477. The van der Waals surface area contributed by atoms with Crippen molar-refractivity contribution in [2.24, 2.45) is 0 Å². The average Bonchev–Trinajstić information content (AvgIpc) is 2.03. The Morgan fingerprint density at radius 2 is 2.15 bits per heavy atom. The van der Waals surface area contributed by atoms with Crippen LogP contribution in [-0.2, 0) is 0 Å². The zero-order valence-electron chi connectivity index (χ0n) is 6.10. The Kier molecular flexibility index (Phi) is 3.55. The maximum absolute atomic E-state index is 12.1. The average molecular weight is 317 g/mol. The van der Waals surface area contributed by atoms with Crippen LogP contribution in [0.25, 0.3) is 0 Å². The lowest BCUT2D eigenvalue weighted by Gasteiger charge is -2.01. The summed E-state index contributed by atoms with van der Waals surface area (Å²) < 4.78 is 24.4. The van der Waals surface area contributed by atoms with Crippen LogP contribution in [0.1, 0.15) is 22.5 Å². The van der Waals surface area contributed by atoms with Crippen LogP contribution in [0, 0.1) is 3.70 Å². The minimum Gasteiger partial charge on any atom is -0.276 e. The van der Waals surface area contributed by atoms with Gasteiger partial charge < -0.3 is 0 Å². The third-order valence-electron chi connectivity index (χ3n) is 1.31. The smallest absolute Gasteiger partial charge is 0.276 e. The number of halogens is 4. The molecule has 0 unspecified atom stereocenters. The molecule has 0 radical (unpaired) electrons.